The van der Waals surface area contributed by atoms with Crippen molar-refractivity contribution in [2.24, 2.45) is 0 Å². The smallest absolute Gasteiger partial charge is 0.321 e. The lowest BCUT2D eigenvalue weighted by molar-refractivity contribution is 0.102. The first kappa shape index (κ1) is 32.9. The third kappa shape index (κ3) is 9.50. The van der Waals surface area contributed by atoms with Gasteiger partial charge < -0.3 is 26.0 Å². The van der Waals surface area contributed by atoms with Crippen molar-refractivity contribution in [2.45, 2.75) is 46.0 Å². The summed E-state index contributed by atoms with van der Waals surface area (Å²) in [7, 11) is 1.57. The van der Waals surface area contributed by atoms with E-state index in [1.54, 1.807) is 31.4 Å². The van der Waals surface area contributed by atoms with Crippen LogP contribution in [0.5, 0.6) is 5.75 Å². The molecule has 5 N–H and O–H groups in total. The normalized spacial score (nSPS) is 11.0. The second-order valence-corrected chi connectivity index (χ2v) is 12.2. The van der Waals surface area contributed by atoms with Gasteiger partial charge in [0.25, 0.3) is 5.91 Å². The molecule has 2 aromatic heterocycles. The van der Waals surface area contributed by atoms with Gasteiger partial charge in [0.15, 0.2) is 5.13 Å². The number of benzene rings is 2. The number of methoxy groups -OCH3 is 1. The highest BCUT2D eigenvalue weighted by atomic mass is 32.1. The lowest BCUT2D eigenvalue weighted by atomic mass is 10.1. The van der Waals surface area contributed by atoms with Gasteiger partial charge in [0.2, 0.25) is 0 Å². The van der Waals surface area contributed by atoms with Crippen molar-refractivity contribution in [3.05, 3.63) is 59.5 Å². The fourth-order valence-electron chi connectivity index (χ4n) is 4.52. The summed E-state index contributed by atoms with van der Waals surface area (Å²) in [6.45, 7) is 8.19. The summed E-state index contributed by atoms with van der Waals surface area (Å²) in [6, 6.07) is 14.2. The fraction of sp³-hybridized carbons (Fsp3) is 0.375. The van der Waals surface area contributed by atoms with Gasteiger partial charge in [0.1, 0.15) is 21.5 Å². The van der Waals surface area contributed by atoms with Crippen LogP contribution in [0.25, 0.3) is 21.1 Å². The first-order valence-corrected chi connectivity index (χ1v) is 16.6. The van der Waals surface area contributed by atoms with E-state index in [1.807, 2.05) is 29.6 Å². The maximum atomic E-state index is 12.8. The Morgan fingerprint density at radius 2 is 1.70 bits per heavy atom. The van der Waals surface area contributed by atoms with Crippen molar-refractivity contribution in [3.63, 3.8) is 0 Å². The van der Waals surface area contributed by atoms with Gasteiger partial charge in [-0.15, -0.1) is 11.3 Å². The summed E-state index contributed by atoms with van der Waals surface area (Å²) in [6.07, 6.45) is 5.65. The average molecular weight is 636 g/mol. The Labute approximate surface area is 267 Å². The highest BCUT2D eigenvalue weighted by Crippen LogP contribution is 2.38. The number of nitrogens with two attached hydrogens (primary N) is 1. The Morgan fingerprint density at radius 3 is 2.45 bits per heavy atom. The summed E-state index contributed by atoms with van der Waals surface area (Å²) in [5.74, 6) is 0.695. The van der Waals surface area contributed by atoms with Crippen LogP contribution < -0.4 is 26.4 Å². The van der Waals surface area contributed by atoms with Gasteiger partial charge in [-0.05, 0) is 69.2 Å². The number of nitrogens with zero attached hydrogens (tertiary/aromatic N) is 3. The first-order chi connectivity index (χ1) is 21.4. The van der Waals surface area contributed by atoms with E-state index in [0.29, 0.717) is 44.4 Å². The van der Waals surface area contributed by atoms with Gasteiger partial charge in [-0.25, -0.2) is 14.8 Å². The molecule has 0 bridgehead atoms. The first-order valence-electron chi connectivity index (χ1n) is 14.9. The molecule has 3 amide bonds. The number of carbonyl (C=O) groups is 2. The van der Waals surface area contributed by atoms with E-state index in [1.165, 1.54) is 48.4 Å². The number of hydrogen-bond acceptors (Lipinski definition) is 9. The molecule has 0 fully saturated rings. The van der Waals surface area contributed by atoms with Crippen LogP contribution in [0, 0.1) is 0 Å². The molecule has 0 aliphatic heterocycles. The quantitative estimate of drug-likeness (QED) is 0.0958. The van der Waals surface area contributed by atoms with Gasteiger partial charge in [-0.3, -0.25) is 10.1 Å². The van der Waals surface area contributed by atoms with Crippen LogP contribution in [0.2, 0.25) is 0 Å². The number of nitrogen functional groups attached to an aromatic ring is 1. The van der Waals surface area contributed by atoms with Gasteiger partial charge in [0, 0.05) is 28.7 Å². The van der Waals surface area contributed by atoms with Crippen LogP contribution in [0.1, 0.15) is 56.3 Å². The Bertz CT molecular complexity index is 1510. The van der Waals surface area contributed by atoms with Crippen molar-refractivity contribution in [2.75, 3.05) is 49.7 Å². The average Bonchev–Trinajstić information content (AvgIpc) is 3.66. The number of hydrogen-bond donors (Lipinski definition) is 4. The number of anilines is 3. The Balaban J connectivity index is 1.32. The van der Waals surface area contributed by atoms with Gasteiger partial charge in [0.05, 0.1) is 12.8 Å². The molecule has 4 aromatic rings. The Hall–Kier alpha value is -4.00. The second kappa shape index (κ2) is 16.7. The maximum Gasteiger partial charge on any atom is 0.321 e. The molecule has 0 aliphatic carbocycles. The molecule has 44 heavy (non-hydrogen) atoms. The van der Waals surface area contributed by atoms with Crippen molar-refractivity contribution in [3.8, 4) is 26.9 Å². The van der Waals surface area contributed by atoms with Crippen molar-refractivity contribution < 1.29 is 14.3 Å². The lowest BCUT2D eigenvalue weighted by Gasteiger charge is -2.21. The molecule has 4 rings (SSSR count). The van der Waals surface area contributed by atoms with Crippen LogP contribution in [0.4, 0.5) is 21.4 Å². The van der Waals surface area contributed by atoms with Gasteiger partial charge >= 0.3 is 6.03 Å². The van der Waals surface area contributed by atoms with Crippen molar-refractivity contribution >= 4 is 51.2 Å². The SMILES string of the molecule is CCCCN(CCCC)CCCNC(=O)Nc1nc(N)c(-c2nc(-c3cccc(NC(=O)c4cccc(OC)c4)c3)cs2)s1. The number of ether oxygens (including phenoxy) is 1. The van der Waals surface area contributed by atoms with E-state index < -0.39 is 0 Å². The van der Waals surface area contributed by atoms with Crippen LogP contribution in [-0.4, -0.2) is 60.1 Å². The van der Waals surface area contributed by atoms with E-state index in [0.717, 1.165) is 37.3 Å². The third-order valence-corrected chi connectivity index (χ3v) is 8.90. The second-order valence-electron chi connectivity index (χ2n) is 10.3. The van der Waals surface area contributed by atoms with Gasteiger partial charge in [-0.1, -0.05) is 56.2 Å². The molecule has 12 heteroatoms. The number of amides is 3. The third-order valence-electron chi connectivity index (χ3n) is 6.91. The zero-order valence-electron chi connectivity index (χ0n) is 25.5. The van der Waals surface area contributed by atoms with E-state index in [9.17, 15) is 9.59 Å². The maximum absolute atomic E-state index is 12.8. The largest absolute Gasteiger partial charge is 0.497 e. The van der Waals surface area contributed by atoms with Crippen LogP contribution >= 0.6 is 22.7 Å². The predicted molar refractivity (Wildman–Crippen MR) is 182 cm³/mol. The molecule has 0 spiro atoms. The lowest BCUT2D eigenvalue weighted by Crippen LogP contribution is -2.33. The van der Waals surface area contributed by atoms with E-state index in [2.05, 4.69) is 39.7 Å². The number of unbranched alkanes of at least 4 members (excludes halogenated alkanes) is 2. The number of rotatable bonds is 16. The number of nitrogens with one attached hydrogen (secondary N) is 3. The van der Waals surface area contributed by atoms with E-state index in [-0.39, 0.29) is 11.9 Å². The van der Waals surface area contributed by atoms with Crippen LogP contribution in [0.15, 0.2) is 53.9 Å². The molecule has 0 saturated carbocycles. The zero-order chi connectivity index (χ0) is 31.3. The van der Waals surface area contributed by atoms with Gasteiger partial charge in [-0.2, -0.15) is 0 Å². The number of aromatic nitrogens is 2. The molecular weight excluding hydrogens is 595 g/mol. The molecule has 2 aromatic carbocycles. The minimum Gasteiger partial charge on any atom is -0.497 e. The van der Waals surface area contributed by atoms with Crippen LogP contribution in [0.3, 0.4) is 0 Å². The topological polar surface area (TPSA) is 134 Å². The number of thiazole rings is 2. The van der Waals surface area contributed by atoms with E-state index >= 15 is 0 Å². The van der Waals surface area contributed by atoms with Crippen molar-refractivity contribution in [1.82, 2.24) is 20.2 Å². The summed E-state index contributed by atoms with van der Waals surface area (Å²) < 4.78 is 5.22. The fourth-order valence-corrected chi connectivity index (χ4v) is 6.33. The van der Waals surface area contributed by atoms with Crippen molar-refractivity contribution in [1.29, 1.82) is 0 Å². The van der Waals surface area contributed by atoms with Crippen LogP contribution in [-0.2, 0) is 0 Å². The minimum absolute atomic E-state index is 0.234. The monoisotopic (exact) mass is 635 g/mol. The minimum atomic E-state index is -0.299. The summed E-state index contributed by atoms with van der Waals surface area (Å²) in [5, 5.41) is 11.7. The Kier molecular flexibility index (Phi) is 12.5. The number of carbonyl (C=O) groups excluding carboxylic acids is 2. The molecule has 0 unspecified atom stereocenters. The molecule has 0 aliphatic rings. The molecule has 0 atom stereocenters. The molecule has 234 valence electrons. The zero-order valence-corrected chi connectivity index (χ0v) is 27.2. The molecule has 0 radical (unpaired) electrons. The summed E-state index contributed by atoms with van der Waals surface area (Å²) in [5.41, 5.74) is 8.96. The molecular formula is C32H41N7O3S2. The predicted octanol–water partition coefficient (Wildman–Crippen LogP) is 7.19. The summed E-state index contributed by atoms with van der Waals surface area (Å²) in [4.78, 5) is 37.6. The van der Waals surface area contributed by atoms with E-state index in [4.69, 9.17) is 15.5 Å². The summed E-state index contributed by atoms with van der Waals surface area (Å²) >= 11 is 2.73. The molecule has 2 heterocycles. The highest BCUT2D eigenvalue weighted by molar-refractivity contribution is 7.23. The standard InChI is InChI=1S/C32H41N7O3S2/c1-4-6-16-39(17-7-5-2)18-10-15-34-31(41)38-32-37-28(33)27(44-32)30-36-26(21-43-30)22-11-8-13-24(19-22)35-29(40)23-12-9-14-25(20-23)42-3/h8-9,11-14,19-21H,4-7,10,15-18,33H2,1-3H3,(H,35,40)(H2,34,37,38,41). The molecule has 10 nitrogen and oxygen atoms in total. The number of urea groups is 1. The Morgan fingerprint density at radius 1 is 0.955 bits per heavy atom. The highest BCUT2D eigenvalue weighted by Gasteiger charge is 2.17. The molecule has 0 saturated heterocycles.